The Bertz CT molecular complexity index is 191. The molecule has 0 saturated heterocycles. The molecule has 0 N–H and O–H groups in total. The molecule has 0 heterocycles. The molecule has 0 aromatic carbocycles. The first-order chi connectivity index (χ1) is 5.00. The van der Waals surface area contributed by atoms with Crippen LogP contribution in [0.4, 0.5) is 0 Å². The van der Waals surface area contributed by atoms with Crippen molar-refractivity contribution in [2.75, 3.05) is 0 Å². The Morgan fingerprint density at radius 2 is 2.18 bits per heavy atom. The number of hydrogen-bond donors (Lipinski definition) is 0. The van der Waals surface area contributed by atoms with Gasteiger partial charge >= 0.3 is 0 Å². The van der Waals surface area contributed by atoms with E-state index in [1.807, 2.05) is 6.92 Å². The minimum absolute atomic E-state index is 0.160. The number of aldehydes is 1. The van der Waals surface area contributed by atoms with Crippen molar-refractivity contribution < 1.29 is 4.79 Å². The summed E-state index contributed by atoms with van der Waals surface area (Å²) in [6, 6.07) is 0. The Hall–Kier alpha value is -0.590. The zero-order chi connectivity index (χ0) is 8.65. The summed E-state index contributed by atoms with van der Waals surface area (Å²) >= 11 is 0. The standard InChI is InChI=1S/C10H16O/c1-7(2)9-5-8(6-11)10(9,3)4/h6,8-9H,1,5H2,2-4H3. The van der Waals surface area contributed by atoms with Crippen molar-refractivity contribution in [2.24, 2.45) is 17.3 Å². The summed E-state index contributed by atoms with van der Waals surface area (Å²) in [5.41, 5.74) is 1.38. The van der Waals surface area contributed by atoms with Crippen LogP contribution in [-0.4, -0.2) is 6.29 Å². The average Bonchev–Trinajstić information content (AvgIpc) is 1.85. The highest BCUT2D eigenvalue weighted by Gasteiger charge is 2.47. The van der Waals surface area contributed by atoms with Crippen LogP contribution in [0.3, 0.4) is 0 Å². The van der Waals surface area contributed by atoms with Crippen molar-refractivity contribution in [3.05, 3.63) is 12.2 Å². The number of hydrogen-bond acceptors (Lipinski definition) is 1. The van der Waals surface area contributed by atoms with Crippen molar-refractivity contribution in [3.63, 3.8) is 0 Å². The average molecular weight is 152 g/mol. The fourth-order valence-electron chi connectivity index (χ4n) is 2.03. The lowest BCUT2D eigenvalue weighted by Crippen LogP contribution is -2.45. The van der Waals surface area contributed by atoms with E-state index in [0.29, 0.717) is 5.92 Å². The molecule has 1 aliphatic carbocycles. The molecule has 1 aliphatic rings. The van der Waals surface area contributed by atoms with Crippen LogP contribution < -0.4 is 0 Å². The van der Waals surface area contributed by atoms with Crippen LogP contribution >= 0.6 is 0 Å². The Balaban J connectivity index is 2.68. The highest BCUT2D eigenvalue weighted by Crippen LogP contribution is 2.52. The summed E-state index contributed by atoms with van der Waals surface area (Å²) in [6.07, 6.45) is 2.09. The van der Waals surface area contributed by atoms with E-state index in [1.165, 1.54) is 5.57 Å². The molecule has 62 valence electrons. The third-order valence-corrected chi connectivity index (χ3v) is 3.10. The van der Waals surface area contributed by atoms with Crippen LogP contribution in [0.25, 0.3) is 0 Å². The molecular formula is C10H16O. The summed E-state index contributed by atoms with van der Waals surface area (Å²) in [5, 5.41) is 0. The third-order valence-electron chi connectivity index (χ3n) is 3.10. The molecule has 0 bridgehead atoms. The van der Waals surface area contributed by atoms with Gasteiger partial charge in [0.1, 0.15) is 6.29 Å². The molecule has 2 atom stereocenters. The van der Waals surface area contributed by atoms with Crippen LogP contribution in [0.1, 0.15) is 27.2 Å². The zero-order valence-corrected chi connectivity index (χ0v) is 7.55. The van der Waals surface area contributed by atoms with Gasteiger partial charge in [-0.3, -0.25) is 0 Å². The van der Waals surface area contributed by atoms with Gasteiger partial charge < -0.3 is 4.79 Å². The maximum atomic E-state index is 10.5. The predicted molar refractivity (Wildman–Crippen MR) is 46.3 cm³/mol. The molecule has 2 unspecified atom stereocenters. The molecule has 0 aliphatic heterocycles. The van der Waals surface area contributed by atoms with Crippen molar-refractivity contribution in [3.8, 4) is 0 Å². The van der Waals surface area contributed by atoms with Crippen LogP contribution in [0.5, 0.6) is 0 Å². The smallest absolute Gasteiger partial charge is 0.123 e. The molecule has 0 amide bonds. The molecule has 0 spiro atoms. The van der Waals surface area contributed by atoms with E-state index in [4.69, 9.17) is 0 Å². The van der Waals surface area contributed by atoms with Gasteiger partial charge in [0.15, 0.2) is 0 Å². The zero-order valence-electron chi connectivity index (χ0n) is 7.55. The lowest BCUT2D eigenvalue weighted by Gasteiger charge is -2.50. The van der Waals surface area contributed by atoms with Gasteiger partial charge in [-0.15, -0.1) is 0 Å². The lowest BCUT2D eigenvalue weighted by atomic mass is 9.53. The number of carbonyl (C=O) groups is 1. The summed E-state index contributed by atoms with van der Waals surface area (Å²) in [4.78, 5) is 10.5. The second-order valence-electron chi connectivity index (χ2n) is 4.20. The first kappa shape index (κ1) is 8.51. The number of carbonyl (C=O) groups excluding carboxylic acids is 1. The number of allylic oxidation sites excluding steroid dienone is 1. The SMILES string of the molecule is C=C(C)C1CC(C=O)C1(C)C. The van der Waals surface area contributed by atoms with E-state index in [1.54, 1.807) is 0 Å². The second-order valence-corrected chi connectivity index (χ2v) is 4.20. The Kier molecular flexibility index (Phi) is 1.91. The van der Waals surface area contributed by atoms with Gasteiger partial charge in [-0.1, -0.05) is 26.0 Å². The van der Waals surface area contributed by atoms with E-state index in [-0.39, 0.29) is 11.3 Å². The highest BCUT2D eigenvalue weighted by atomic mass is 16.1. The molecule has 1 fully saturated rings. The van der Waals surface area contributed by atoms with Crippen molar-refractivity contribution in [1.29, 1.82) is 0 Å². The highest BCUT2D eigenvalue weighted by molar-refractivity contribution is 5.57. The quantitative estimate of drug-likeness (QED) is 0.438. The topological polar surface area (TPSA) is 17.1 Å². The monoisotopic (exact) mass is 152 g/mol. The molecule has 0 aromatic rings. The molecule has 1 saturated carbocycles. The van der Waals surface area contributed by atoms with Crippen molar-refractivity contribution >= 4 is 6.29 Å². The molecule has 1 nitrogen and oxygen atoms in total. The van der Waals surface area contributed by atoms with Crippen LogP contribution in [0.15, 0.2) is 12.2 Å². The lowest BCUT2D eigenvalue weighted by molar-refractivity contribution is -0.123. The van der Waals surface area contributed by atoms with Gasteiger partial charge in [-0.05, 0) is 24.7 Å². The predicted octanol–water partition coefficient (Wildman–Crippen LogP) is 2.42. The van der Waals surface area contributed by atoms with E-state index in [2.05, 4.69) is 20.4 Å². The summed E-state index contributed by atoms with van der Waals surface area (Å²) in [6.45, 7) is 10.3. The molecule has 0 radical (unpaired) electrons. The van der Waals surface area contributed by atoms with Crippen molar-refractivity contribution in [2.45, 2.75) is 27.2 Å². The van der Waals surface area contributed by atoms with Crippen LogP contribution in [0.2, 0.25) is 0 Å². The Morgan fingerprint density at radius 3 is 2.45 bits per heavy atom. The van der Waals surface area contributed by atoms with Gasteiger partial charge in [0.05, 0.1) is 0 Å². The second kappa shape index (κ2) is 2.47. The van der Waals surface area contributed by atoms with Gasteiger partial charge in [0.2, 0.25) is 0 Å². The molecule has 0 aromatic heterocycles. The molecule has 11 heavy (non-hydrogen) atoms. The van der Waals surface area contributed by atoms with Gasteiger partial charge in [-0.25, -0.2) is 0 Å². The van der Waals surface area contributed by atoms with Gasteiger partial charge in [-0.2, -0.15) is 0 Å². The van der Waals surface area contributed by atoms with E-state index >= 15 is 0 Å². The normalized spacial score (nSPS) is 34.1. The minimum atomic E-state index is 0.160. The fourth-order valence-corrected chi connectivity index (χ4v) is 2.03. The Morgan fingerprint density at radius 1 is 1.64 bits per heavy atom. The maximum absolute atomic E-state index is 10.5. The summed E-state index contributed by atoms with van der Waals surface area (Å²) < 4.78 is 0. The van der Waals surface area contributed by atoms with E-state index in [0.717, 1.165) is 12.7 Å². The van der Waals surface area contributed by atoms with Gasteiger partial charge in [0, 0.05) is 5.92 Å². The van der Waals surface area contributed by atoms with E-state index in [9.17, 15) is 4.79 Å². The largest absolute Gasteiger partial charge is 0.303 e. The summed E-state index contributed by atoms with van der Waals surface area (Å²) in [7, 11) is 0. The first-order valence-corrected chi connectivity index (χ1v) is 4.11. The van der Waals surface area contributed by atoms with Crippen LogP contribution in [-0.2, 0) is 4.79 Å². The van der Waals surface area contributed by atoms with E-state index < -0.39 is 0 Å². The molecule has 1 rings (SSSR count). The Labute approximate surface area is 68.5 Å². The van der Waals surface area contributed by atoms with Crippen LogP contribution in [0, 0.1) is 17.3 Å². The molecular weight excluding hydrogens is 136 g/mol. The number of rotatable bonds is 2. The minimum Gasteiger partial charge on any atom is -0.303 e. The third kappa shape index (κ3) is 1.13. The first-order valence-electron chi connectivity index (χ1n) is 4.11. The molecule has 1 heteroatoms. The van der Waals surface area contributed by atoms with Crippen molar-refractivity contribution in [1.82, 2.24) is 0 Å². The maximum Gasteiger partial charge on any atom is 0.123 e. The van der Waals surface area contributed by atoms with Gasteiger partial charge in [0.25, 0.3) is 0 Å². The fraction of sp³-hybridized carbons (Fsp3) is 0.700. The summed E-state index contributed by atoms with van der Waals surface area (Å²) in [5.74, 6) is 0.807.